The second-order valence-corrected chi connectivity index (χ2v) is 6.53. The van der Waals surface area contributed by atoms with E-state index in [0.717, 1.165) is 11.3 Å². The first-order chi connectivity index (χ1) is 13.2. The van der Waals surface area contributed by atoms with Crippen LogP contribution >= 0.6 is 11.8 Å². The Morgan fingerprint density at radius 2 is 2.00 bits per heavy atom. The second kappa shape index (κ2) is 9.04. The second-order valence-electron chi connectivity index (χ2n) is 5.59. The number of ether oxygens (including phenoxy) is 1. The minimum atomic E-state index is -0.102. The highest BCUT2D eigenvalue weighted by molar-refractivity contribution is 7.99. The van der Waals surface area contributed by atoms with Gasteiger partial charge in [-0.25, -0.2) is 0 Å². The largest absolute Gasteiger partial charge is 0.508 e. The maximum atomic E-state index is 12.1. The number of methoxy groups -OCH3 is 1. The van der Waals surface area contributed by atoms with Crippen LogP contribution in [0.3, 0.4) is 0 Å². The SMILES string of the molecule is COc1ccccc1CCNC(=O)CSc1nnnn1-c1ccc(O)cc1. The molecule has 0 saturated heterocycles. The van der Waals surface area contributed by atoms with Crippen LogP contribution in [0.4, 0.5) is 0 Å². The van der Waals surface area contributed by atoms with Crippen LogP contribution in [0.25, 0.3) is 5.69 Å². The summed E-state index contributed by atoms with van der Waals surface area (Å²) in [6.45, 7) is 0.517. The fourth-order valence-electron chi connectivity index (χ4n) is 2.45. The molecule has 0 saturated carbocycles. The lowest BCUT2D eigenvalue weighted by Gasteiger charge is -2.09. The van der Waals surface area contributed by atoms with Gasteiger partial charge in [0.25, 0.3) is 0 Å². The number of nitrogens with one attached hydrogen (secondary N) is 1. The molecule has 0 aliphatic heterocycles. The first kappa shape index (κ1) is 18.7. The van der Waals surface area contributed by atoms with Crippen LogP contribution in [0.15, 0.2) is 53.7 Å². The van der Waals surface area contributed by atoms with Crippen molar-refractivity contribution in [3.05, 3.63) is 54.1 Å². The van der Waals surface area contributed by atoms with Gasteiger partial charge in [-0.3, -0.25) is 4.79 Å². The summed E-state index contributed by atoms with van der Waals surface area (Å²) in [5, 5.41) is 24.3. The average molecular weight is 385 g/mol. The van der Waals surface area contributed by atoms with Crippen LogP contribution in [-0.4, -0.2) is 50.6 Å². The number of carbonyl (C=O) groups is 1. The van der Waals surface area contributed by atoms with Crippen molar-refractivity contribution < 1.29 is 14.6 Å². The molecule has 0 aliphatic rings. The Bertz CT molecular complexity index is 898. The highest BCUT2D eigenvalue weighted by Crippen LogP contribution is 2.20. The number of carbonyl (C=O) groups excluding carboxylic acids is 1. The van der Waals surface area contributed by atoms with Gasteiger partial charge >= 0.3 is 0 Å². The summed E-state index contributed by atoms with van der Waals surface area (Å²) >= 11 is 1.24. The minimum absolute atomic E-state index is 0.102. The molecule has 140 valence electrons. The van der Waals surface area contributed by atoms with Crippen molar-refractivity contribution in [1.82, 2.24) is 25.5 Å². The number of benzene rings is 2. The number of para-hydroxylation sites is 1. The number of phenols is 1. The molecule has 0 bridgehead atoms. The number of hydrogen-bond acceptors (Lipinski definition) is 7. The van der Waals surface area contributed by atoms with Crippen LogP contribution in [0, 0.1) is 0 Å². The van der Waals surface area contributed by atoms with Gasteiger partial charge in [-0.15, -0.1) is 5.10 Å². The highest BCUT2D eigenvalue weighted by Gasteiger charge is 2.11. The summed E-state index contributed by atoms with van der Waals surface area (Å²) in [5.74, 6) is 1.07. The summed E-state index contributed by atoms with van der Waals surface area (Å²) in [7, 11) is 1.63. The van der Waals surface area contributed by atoms with Crippen molar-refractivity contribution in [2.75, 3.05) is 19.4 Å². The van der Waals surface area contributed by atoms with Gasteiger partial charge < -0.3 is 15.2 Å². The molecule has 0 aliphatic carbocycles. The first-order valence-corrected chi connectivity index (χ1v) is 9.25. The van der Waals surface area contributed by atoms with E-state index in [1.807, 2.05) is 24.3 Å². The molecule has 0 fully saturated rings. The zero-order chi connectivity index (χ0) is 19.1. The smallest absolute Gasteiger partial charge is 0.230 e. The van der Waals surface area contributed by atoms with Crippen molar-refractivity contribution in [2.24, 2.45) is 0 Å². The Morgan fingerprint density at radius 3 is 2.78 bits per heavy atom. The van der Waals surface area contributed by atoms with Gasteiger partial charge in [-0.1, -0.05) is 30.0 Å². The van der Waals surface area contributed by atoms with Crippen LogP contribution < -0.4 is 10.1 Å². The fraction of sp³-hybridized carbons (Fsp3) is 0.222. The van der Waals surface area contributed by atoms with E-state index in [-0.39, 0.29) is 17.4 Å². The molecule has 2 N–H and O–H groups in total. The van der Waals surface area contributed by atoms with Gasteiger partial charge in [0.05, 0.1) is 18.6 Å². The van der Waals surface area contributed by atoms with Crippen molar-refractivity contribution in [2.45, 2.75) is 11.6 Å². The number of tetrazole rings is 1. The molecule has 9 heteroatoms. The standard InChI is InChI=1S/C18H19N5O3S/c1-26-16-5-3-2-4-13(16)10-11-19-17(25)12-27-18-20-21-22-23(18)14-6-8-15(24)9-7-14/h2-9,24H,10-12H2,1H3,(H,19,25). The molecular formula is C18H19N5O3S. The predicted molar refractivity (Wildman–Crippen MR) is 101 cm³/mol. The summed E-state index contributed by atoms with van der Waals surface area (Å²) in [6, 6.07) is 14.2. The zero-order valence-corrected chi connectivity index (χ0v) is 15.5. The Kier molecular flexibility index (Phi) is 6.26. The number of phenolic OH excluding ortho intramolecular Hbond substituents is 1. The topological polar surface area (TPSA) is 102 Å². The lowest BCUT2D eigenvalue weighted by molar-refractivity contribution is -0.118. The molecule has 1 amide bonds. The van der Waals surface area contributed by atoms with Gasteiger partial charge in [0.2, 0.25) is 11.1 Å². The Morgan fingerprint density at radius 1 is 1.22 bits per heavy atom. The minimum Gasteiger partial charge on any atom is -0.508 e. The highest BCUT2D eigenvalue weighted by atomic mass is 32.2. The van der Waals surface area contributed by atoms with E-state index in [4.69, 9.17) is 4.74 Å². The van der Waals surface area contributed by atoms with Crippen LogP contribution in [0.5, 0.6) is 11.5 Å². The molecule has 1 aromatic heterocycles. The van der Waals surface area contributed by atoms with Crippen LogP contribution in [-0.2, 0) is 11.2 Å². The van der Waals surface area contributed by atoms with E-state index in [9.17, 15) is 9.90 Å². The average Bonchev–Trinajstić information content (AvgIpc) is 3.16. The summed E-state index contributed by atoms with van der Waals surface area (Å²) in [5.41, 5.74) is 1.75. The lowest BCUT2D eigenvalue weighted by atomic mass is 10.1. The molecule has 0 unspecified atom stereocenters. The monoisotopic (exact) mass is 385 g/mol. The van der Waals surface area contributed by atoms with E-state index >= 15 is 0 Å². The molecule has 2 aromatic carbocycles. The van der Waals surface area contributed by atoms with E-state index in [1.165, 1.54) is 16.4 Å². The maximum absolute atomic E-state index is 12.1. The molecule has 0 spiro atoms. The van der Waals surface area contributed by atoms with E-state index in [0.29, 0.717) is 23.8 Å². The Labute approximate surface area is 160 Å². The molecule has 3 rings (SSSR count). The van der Waals surface area contributed by atoms with E-state index in [2.05, 4.69) is 20.8 Å². The summed E-state index contributed by atoms with van der Waals surface area (Å²) in [4.78, 5) is 12.1. The molecule has 1 heterocycles. The van der Waals surface area contributed by atoms with Gasteiger partial charge in [0.1, 0.15) is 11.5 Å². The Hall–Kier alpha value is -3.07. The Balaban J connectivity index is 1.50. The van der Waals surface area contributed by atoms with Crippen molar-refractivity contribution in [1.29, 1.82) is 0 Å². The number of rotatable bonds is 8. The van der Waals surface area contributed by atoms with Crippen molar-refractivity contribution in [3.8, 4) is 17.2 Å². The molecule has 0 radical (unpaired) electrons. The van der Waals surface area contributed by atoms with Gasteiger partial charge in [-0.2, -0.15) is 4.68 Å². The molecule has 27 heavy (non-hydrogen) atoms. The summed E-state index contributed by atoms with van der Waals surface area (Å²) < 4.78 is 6.82. The number of hydrogen-bond donors (Lipinski definition) is 2. The number of aromatic hydroxyl groups is 1. The zero-order valence-electron chi connectivity index (χ0n) is 14.7. The third-order valence-electron chi connectivity index (χ3n) is 3.78. The number of aromatic nitrogens is 4. The van der Waals surface area contributed by atoms with Crippen LogP contribution in [0.2, 0.25) is 0 Å². The van der Waals surface area contributed by atoms with Gasteiger partial charge in [0, 0.05) is 6.54 Å². The number of nitrogens with zero attached hydrogens (tertiary/aromatic N) is 4. The van der Waals surface area contributed by atoms with Gasteiger partial charge in [0.15, 0.2) is 0 Å². The number of amides is 1. The predicted octanol–water partition coefficient (Wildman–Crippen LogP) is 1.83. The molecule has 3 aromatic rings. The van der Waals surface area contributed by atoms with E-state index < -0.39 is 0 Å². The van der Waals surface area contributed by atoms with Crippen molar-refractivity contribution in [3.63, 3.8) is 0 Å². The van der Waals surface area contributed by atoms with E-state index in [1.54, 1.807) is 31.4 Å². The summed E-state index contributed by atoms with van der Waals surface area (Å²) in [6.07, 6.45) is 0.686. The quantitative estimate of drug-likeness (QED) is 0.570. The lowest BCUT2D eigenvalue weighted by Crippen LogP contribution is -2.27. The normalized spacial score (nSPS) is 10.6. The molecule has 8 nitrogen and oxygen atoms in total. The molecular weight excluding hydrogens is 366 g/mol. The fourth-order valence-corrected chi connectivity index (χ4v) is 3.17. The third-order valence-corrected chi connectivity index (χ3v) is 4.70. The van der Waals surface area contributed by atoms with Crippen molar-refractivity contribution >= 4 is 17.7 Å². The van der Waals surface area contributed by atoms with Crippen LogP contribution in [0.1, 0.15) is 5.56 Å². The molecule has 0 atom stereocenters. The third kappa shape index (κ3) is 4.98. The maximum Gasteiger partial charge on any atom is 0.230 e. The number of thioether (sulfide) groups is 1. The first-order valence-electron chi connectivity index (χ1n) is 8.26. The van der Waals surface area contributed by atoms with Gasteiger partial charge in [-0.05, 0) is 52.7 Å².